The number of hydrogen-bond donors (Lipinski definition) is 2. The average molecular weight is 281 g/mol. The van der Waals surface area contributed by atoms with Crippen molar-refractivity contribution in [3.05, 3.63) is 16.1 Å². The molecule has 5 heteroatoms. The van der Waals surface area contributed by atoms with E-state index in [9.17, 15) is 4.79 Å². The minimum atomic E-state index is -0.0294. The molecule has 1 heterocycles. The first-order valence-corrected chi connectivity index (χ1v) is 8.04. The highest BCUT2D eigenvalue weighted by Crippen LogP contribution is 2.23. The monoisotopic (exact) mass is 281 g/mol. The van der Waals surface area contributed by atoms with Gasteiger partial charge in [0.05, 0.1) is 5.01 Å². The van der Waals surface area contributed by atoms with E-state index >= 15 is 0 Å². The fourth-order valence-electron chi connectivity index (χ4n) is 2.60. The normalized spacial score (nSPS) is 23.9. The van der Waals surface area contributed by atoms with Crippen LogP contribution < -0.4 is 11.1 Å². The van der Waals surface area contributed by atoms with Crippen molar-refractivity contribution < 1.29 is 4.79 Å². The van der Waals surface area contributed by atoms with E-state index in [1.54, 1.807) is 0 Å². The van der Waals surface area contributed by atoms with Crippen LogP contribution >= 0.6 is 11.3 Å². The van der Waals surface area contributed by atoms with Gasteiger partial charge in [0.25, 0.3) is 5.91 Å². The molecule has 1 aromatic heterocycles. The average Bonchev–Trinajstić information content (AvgIpc) is 2.77. The van der Waals surface area contributed by atoms with E-state index in [2.05, 4.69) is 17.2 Å². The lowest BCUT2D eigenvalue weighted by molar-refractivity contribution is 0.0917. The Hall–Kier alpha value is -0.940. The van der Waals surface area contributed by atoms with Crippen molar-refractivity contribution in [3.63, 3.8) is 0 Å². The van der Waals surface area contributed by atoms with Crippen LogP contribution in [0.5, 0.6) is 0 Å². The smallest absolute Gasteiger partial charge is 0.270 e. The summed E-state index contributed by atoms with van der Waals surface area (Å²) in [5.74, 6) is 0.534. The third-order valence-corrected chi connectivity index (χ3v) is 4.73. The Kier molecular flexibility index (Phi) is 5.34. The fraction of sp³-hybridized carbons (Fsp3) is 0.714. The summed E-state index contributed by atoms with van der Waals surface area (Å²) in [7, 11) is 0. The second kappa shape index (κ2) is 7.01. The Morgan fingerprint density at radius 1 is 1.47 bits per heavy atom. The second-order valence-corrected chi connectivity index (χ2v) is 6.30. The number of aromatic nitrogens is 1. The number of nitrogens with one attached hydrogen (secondary N) is 1. The SMILES string of the molecule is CC1CCCCCC1NC(=O)c1csc(CCN)n1. The lowest BCUT2D eigenvalue weighted by Gasteiger charge is -2.22. The first-order valence-electron chi connectivity index (χ1n) is 7.16. The van der Waals surface area contributed by atoms with Crippen LogP contribution in [0.3, 0.4) is 0 Å². The highest BCUT2D eigenvalue weighted by molar-refractivity contribution is 7.09. The Balaban J connectivity index is 1.94. The Labute approximate surface area is 118 Å². The molecule has 4 nitrogen and oxygen atoms in total. The summed E-state index contributed by atoms with van der Waals surface area (Å²) in [5, 5.41) is 5.94. The maximum atomic E-state index is 12.2. The van der Waals surface area contributed by atoms with Gasteiger partial charge >= 0.3 is 0 Å². The molecule has 1 saturated carbocycles. The van der Waals surface area contributed by atoms with Crippen LogP contribution in [0.25, 0.3) is 0 Å². The number of hydrogen-bond acceptors (Lipinski definition) is 4. The first kappa shape index (κ1) is 14.5. The van der Waals surface area contributed by atoms with E-state index in [-0.39, 0.29) is 5.91 Å². The van der Waals surface area contributed by atoms with E-state index < -0.39 is 0 Å². The van der Waals surface area contributed by atoms with Gasteiger partial charge in [-0.2, -0.15) is 0 Å². The summed E-state index contributed by atoms with van der Waals surface area (Å²) in [4.78, 5) is 16.5. The van der Waals surface area contributed by atoms with Gasteiger partial charge in [-0.15, -0.1) is 11.3 Å². The molecule has 1 amide bonds. The van der Waals surface area contributed by atoms with Gasteiger partial charge in [-0.3, -0.25) is 4.79 Å². The van der Waals surface area contributed by atoms with Crippen LogP contribution in [0.1, 0.15) is 54.5 Å². The molecule has 2 atom stereocenters. The fourth-order valence-corrected chi connectivity index (χ4v) is 3.40. The zero-order valence-electron chi connectivity index (χ0n) is 11.5. The van der Waals surface area contributed by atoms with Crippen LogP contribution in [0.15, 0.2) is 5.38 Å². The minimum absolute atomic E-state index is 0.0294. The summed E-state index contributed by atoms with van der Waals surface area (Å²) in [6.07, 6.45) is 6.83. The molecule has 1 aliphatic rings. The van der Waals surface area contributed by atoms with E-state index in [1.165, 1.54) is 37.0 Å². The molecule has 1 aliphatic carbocycles. The van der Waals surface area contributed by atoms with Gasteiger partial charge in [-0.1, -0.05) is 26.2 Å². The lowest BCUT2D eigenvalue weighted by atomic mass is 9.97. The van der Waals surface area contributed by atoms with Crippen molar-refractivity contribution >= 4 is 17.2 Å². The summed E-state index contributed by atoms with van der Waals surface area (Å²) in [6.45, 7) is 2.81. The molecule has 106 valence electrons. The number of nitrogens with zero attached hydrogens (tertiary/aromatic N) is 1. The van der Waals surface area contributed by atoms with Gasteiger partial charge < -0.3 is 11.1 Å². The van der Waals surface area contributed by atoms with Crippen LogP contribution in [0, 0.1) is 5.92 Å². The summed E-state index contributed by atoms with van der Waals surface area (Å²) < 4.78 is 0. The largest absolute Gasteiger partial charge is 0.348 e. The first-order chi connectivity index (χ1) is 9.20. The molecule has 2 rings (SSSR count). The number of amides is 1. The summed E-state index contributed by atoms with van der Waals surface area (Å²) >= 11 is 1.52. The number of nitrogens with two attached hydrogens (primary N) is 1. The number of carbonyl (C=O) groups excluding carboxylic acids is 1. The van der Waals surface area contributed by atoms with Crippen molar-refractivity contribution in [2.24, 2.45) is 11.7 Å². The maximum Gasteiger partial charge on any atom is 0.270 e. The molecule has 0 bridgehead atoms. The standard InChI is InChI=1S/C14H23N3OS/c1-10-5-3-2-4-6-11(10)17-14(18)12-9-19-13(16-12)7-8-15/h9-11H,2-8,15H2,1H3,(H,17,18). The molecule has 2 unspecified atom stereocenters. The van der Waals surface area contributed by atoms with Crippen molar-refractivity contribution in [1.29, 1.82) is 0 Å². The third-order valence-electron chi connectivity index (χ3n) is 3.82. The predicted octanol–water partition coefficient (Wildman–Crippen LogP) is 2.34. The van der Waals surface area contributed by atoms with Crippen LogP contribution in [-0.4, -0.2) is 23.5 Å². The predicted molar refractivity (Wildman–Crippen MR) is 78.4 cm³/mol. The minimum Gasteiger partial charge on any atom is -0.348 e. The summed E-state index contributed by atoms with van der Waals surface area (Å²) in [6, 6.07) is 0.301. The second-order valence-electron chi connectivity index (χ2n) is 5.36. The highest BCUT2D eigenvalue weighted by Gasteiger charge is 2.22. The van der Waals surface area contributed by atoms with Crippen molar-refractivity contribution in [2.75, 3.05) is 6.54 Å². The van der Waals surface area contributed by atoms with Gasteiger partial charge in [-0.25, -0.2) is 4.98 Å². The molecule has 0 saturated heterocycles. The quantitative estimate of drug-likeness (QED) is 0.832. The van der Waals surface area contributed by atoms with E-state index in [0.29, 0.717) is 24.2 Å². The Morgan fingerprint density at radius 3 is 3.05 bits per heavy atom. The van der Waals surface area contributed by atoms with Crippen molar-refractivity contribution in [3.8, 4) is 0 Å². The maximum absolute atomic E-state index is 12.2. The van der Waals surface area contributed by atoms with Crippen LogP contribution in [0.2, 0.25) is 0 Å². The topological polar surface area (TPSA) is 68.0 Å². The highest BCUT2D eigenvalue weighted by atomic mass is 32.1. The Bertz CT molecular complexity index is 419. The van der Waals surface area contributed by atoms with E-state index in [4.69, 9.17) is 5.73 Å². The third kappa shape index (κ3) is 4.01. The number of carbonyl (C=O) groups is 1. The zero-order chi connectivity index (χ0) is 13.7. The van der Waals surface area contributed by atoms with Crippen LogP contribution in [0.4, 0.5) is 0 Å². The van der Waals surface area contributed by atoms with Crippen molar-refractivity contribution in [2.45, 2.75) is 51.5 Å². The van der Waals surface area contributed by atoms with Gasteiger partial charge in [0, 0.05) is 17.8 Å². The Morgan fingerprint density at radius 2 is 2.26 bits per heavy atom. The molecule has 19 heavy (non-hydrogen) atoms. The zero-order valence-corrected chi connectivity index (χ0v) is 12.3. The number of rotatable bonds is 4. The molecule has 1 aromatic rings. The van der Waals surface area contributed by atoms with Gasteiger partial charge in [0.15, 0.2) is 0 Å². The molecule has 3 N–H and O–H groups in total. The molecular weight excluding hydrogens is 258 g/mol. The molecule has 0 aliphatic heterocycles. The van der Waals surface area contributed by atoms with Crippen molar-refractivity contribution in [1.82, 2.24) is 10.3 Å². The van der Waals surface area contributed by atoms with Crippen LogP contribution in [-0.2, 0) is 6.42 Å². The molecule has 0 spiro atoms. The van der Waals surface area contributed by atoms with Gasteiger partial charge in [-0.05, 0) is 25.3 Å². The number of thiazole rings is 1. The molecule has 0 aromatic carbocycles. The van der Waals surface area contributed by atoms with E-state index in [0.717, 1.165) is 17.8 Å². The summed E-state index contributed by atoms with van der Waals surface area (Å²) in [5.41, 5.74) is 6.04. The van der Waals surface area contributed by atoms with E-state index in [1.807, 2.05) is 5.38 Å². The molecule has 0 radical (unpaired) electrons. The van der Waals surface area contributed by atoms with Gasteiger partial charge in [0.1, 0.15) is 5.69 Å². The molecular formula is C14H23N3OS. The lowest BCUT2D eigenvalue weighted by Crippen LogP contribution is -2.39. The molecule has 1 fully saturated rings. The van der Waals surface area contributed by atoms with Gasteiger partial charge in [0.2, 0.25) is 0 Å².